The number of ether oxygens (including phenoxy) is 1. The summed E-state index contributed by atoms with van der Waals surface area (Å²) in [6.45, 7) is 10.0. The zero-order valence-electron chi connectivity index (χ0n) is 18.8. The predicted molar refractivity (Wildman–Crippen MR) is 123 cm³/mol. The first-order chi connectivity index (χ1) is 14.3. The summed E-state index contributed by atoms with van der Waals surface area (Å²) in [5, 5.41) is 3.04. The third-order valence-corrected chi connectivity index (χ3v) is 5.85. The molecular formula is C26H36N2O2. The standard InChI is InChI=1S/C26H36N2O2/c1-20(28-17-15-23(16-18-28)27-25(29)30-26(2,3)4)19-24(21-11-7-5-8-12-21)22-13-9-6-10-14-22/h5-14,20,23-24H,15-19H2,1-4H3,(H,27,29). The van der Waals surface area contributed by atoms with E-state index < -0.39 is 5.60 Å². The zero-order chi connectivity index (χ0) is 21.6. The largest absolute Gasteiger partial charge is 0.444 e. The van der Waals surface area contributed by atoms with Crippen LogP contribution in [0.4, 0.5) is 4.79 Å². The van der Waals surface area contributed by atoms with Crippen LogP contribution < -0.4 is 5.32 Å². The number of amides is 1. The second-order valence-corrected chi connectivity index (χ2v) is 9.42. The van der Waals surface area contributed by atoms with Gasteiger partial charge in [0.25, 0.3) is 0 Å². The molecule has 4 heteroatoms. The van der Waals surface area contributed by atoms with Crippen LogP contribution in [-0.2, 0) is 4.74 Å². The van der Waals surface area contributed by atoms with Gasteiger partial charge >= 0.3 is 6.09 Å². The van der Waals surface area contributed by atoms with Crippen molar-refractivity contribution >= 4 is 6.09 Å². The predicted octanol–water partition coefficient (Wildman–Crippen LogP) is 5.59. The molecular weight excluding hydrogens is 372 g/mol. The fraction of sp³-hybridized carbons (Fsp3) is 0.500. The van der Waals surface area contributed by atoms with E-state index in [2.05, 4.69) is 77.8 Å². The number of nitrogens with zero attached hydrogens (tertiary/aromatic N) is 1. The summed E-state index contributed by atoms with van der Waals surface area (Å²) in [5.41, 5.74) is 2.29. The first-order valence-electron chi connectivity index (χ1n) is 11.2. The number of hydrogen-bond donors (Lipinski definition) is 1. The average Bonchev–Trinajstić information content (AvgIpc) is 2.72. The van der Waals surface area contributed by atoms with E-state index in [-0.39, 0.29) is 12.1 Å². The number of carbonyl (C=O) groups is 1. The highest BCUT2D eigenvalue weighted by Gasteiger charge is 2.27. The molecule has 1 saturated heterocycles. The monoisotopic (exact) mass is 408 g/mol. The minimum Gasteiger partial charge on any atom is -0.444 e. The molecule has 0 bridgehead atoms. The van der Waals surface area contributed by atoms with Crippen molar-refractivity contribution in [1.82, 2.24) is 10.2 Å². The maximum atomic E-state index is 12.1. The Kier molecular flexibility index (Phi) is 7.54. The van der Waals surface area contributed by atoms with Crippen LogP contribution in [0.3, 0.4) is 0 Å². The molecule has 0 aromatic heterocycles. The van der Waals surface area contributed by atoms with E-state index in [1.807, 2.05) is 20.8 Å². The van der Waals surface area contributed by atoms with Crippen molar-refractivity contribution in [3.8, 4) is 0 Å². The third-order valence-electron chi connectivity index (χ3n) is 5.85. The lowest BCUT2D eigenvalue weighted by molar-refractivity contribution is 0.0469. The minimum atomic E-state index is -0.455. The van der Waals surface area contributed by atoms with Crippen molar-refractivity contribution in [3.63, 3.8) is 0 Å². The van der Waals surface area contributed by atoms with Crippen LogP contribution in [0.15, 0.2) is 60.7 Å². The molecule has 1 aliphatic heterocycles. The van der Waals surface area contributed by atoms with Gasteiger partial charge in [0.05, 0.1) is 0 Å². The van der Waals surface area contributed by atoms with Crippen molar-refractivity contribution in [3.05, 3.63) is 71.8 Å². The van der Waals surface area contributed by atoms with Gasteiger partial charge in [0.15, 0.2) is 0 Å². The van der Waals surface area contributed by atoms with Gasteiger partial charge in [-0.05, 0) is 58.1 Å². The summed E-state index contributed by atoms with van der Waals surface area (Å²) in [6.07, 6.45) is 2.70. The van der Waals surface area contributed by atoms with E-state index in [0.717, 1.165) is 32.4 Å². The van der Waals surface area contributed by atoms with E-state index in [4.69, 9.17) is 4.74 Å². The normalized spacial score (nSPS) is 17.0. The fourth-order valence-electron chi connectivity index (χ4n) is 4.28. The van der Waals surface area contributed by atoms with E-state index in [1.54, 1.807) is 0 Å². The Morgan fingerprint density at radius 1 is 1.00 bits per heavy atom. The summed E-state index contributed by atoms with van der Waals surface area (Å²) < 4.78 is 5.40. The molecule has 0 aliphatic carbocycles. The molecule has 0 radical (unpaired) electrons. The Bertz CT molecular complexity index is 738. The molecule has 1 aliphatic rings. The SMILES string of the molecule is CC(CC(c1ccccc1)c1ccccc1)N1CCC(NC(=O)OC(C)(C)C)CC1. The number of carbonyl (C=O) groups excluding carboxylic acids is 1. The van der Waals surface area contributed by atoms with Crippen LogP contribution >= 0.6 is 0 Å². The molecule has 2 aromatic rings. The molecule has 1 heterocycles. The van der Waals surface area contributed by atoms with Gasteiger partial charge in [-0.25, -0.2) is 4.79 Å². The summed E-state index contributed by atoms with van der Waals surface area (Å²) in [6, 6.07) is 22.3. The summed E-state index contributed by atoms with van der Waals surface area (Å²) in [7, 11) is 0. The Balaban J connectivity index is 1.57. The van der Waals surface area contributed by atoms with Gasteiger partial charge in [0.1, 0.15) is 5.60 Å². The van der Waals surface area contributed by atoms with Gasteiger partial charge in [0.2, 0.25) is 0 Å². The van der Waals surface area contributed by atoms with Crippen molar-refractivity contribution < 1.29 is 9.53 Å². The maximum Gasteiger partial charge on any atom is 0.407 e. The van der Waals surface area contributed by atoms with E-state index in [0.29, 0.717) is 12.0 Å². The number of alkyl carbamates (subject to hydrolysis) is 1. The third kappa shape index (κ3) is 6.60. The fourth-order valence-corrected chi connectivity index (χ4v) is 4.28. The van der Waals surface area contributed by atoms with Crippen molar-refractivity contribution in [2.24, 2.45) is 0 Å². The van der Waals surface area contributed by atoms with Gasteiger partial charge in [-0.15, -0.1) is 0 Å². The van der Waals surface area contributed by atoms with Crippen LogP contribution in [-0.4, -0.2) is 41.8 Å². The Morgan fingerprint density at radius 3 is 1.97 bits per heavy atom. The number of nitrogens with one attached hydrogen (secondary N) is 1. The second kappa shape index (κ2) is 10.1. The Hall–Kier alpha value is -2.33. The second-order valence-electron chi connectivity index (χ2n) is 9.42. The Morgan fingerprint density at radius 2 is 1.50 bits per heavy atom. The molecule has 30 heavy (non-hydrogen) atoms. The zero-order valence-corrected chi connectivity index (χ0v) is 18.8. The van der Waals surface area contributed by atoms with Gasteiger partial charge in [-0.1, -0.05) is 60.7 Å². The molecule has 1 unspecified atom stereocenters. The molecule has 1 atom stereocenters. The summed E-state index contributed by atoms with van der Waals surface area (Å²) in [5.74, 6) is 0.389. The molecule has 4 nitrogen and oxygen atoms in total. The minimum absolute atomic E-state index is 0.197. The van der Waals surface area contributed by atoms with Crippen molar-refractivity contribution in [1.29, 1.82) is 0 Å². The number of rotatable bonds is 6. The quantitative estimate of drug-likeness (QED) is 0.678. The van der Waals surface area contributed by atoms with E-state index in [1.165, 1.54) is 11.1 Å². The molecule has 2 aromatic carbocycles. The number of piperidine rings is 1. The van der Waals surface area contributed by atoms with E-state index in [9.17, 15) is 4.79 Å². The molecule has 1 amide bonds. The number of likely N-dealkylation sites (tertiary alicyclic amines) is 1. The lowest BCUT2D eigenvalue weighted by Gasteiger charge is -2.38. The molecule has 162 valence electrons. The highest BCUT2D eigenvalue weighted by atomic mass is 16.6. The average molecular weight is 409 g/mol. The highest BCUT2D eigenvalue weighted by Crippen LogP contribution is 2.31. The maximum absolute atomic E-state index is 12.1. The van der Waals surface area contributed by atoms with Crippen LogP contribution in [0.1, 0.15) is 64.0 Å². The van der Waals surface area contributed by atoms with Crippen LogP contribution in [0, 0.1) is 0 Å². The first-order valence-corrected chi connectivity index (χ1v) is 11.2. The van der Waals surface area contributed by atoms with Gasteiger partial charge in [0, 0.05) is 31.1 Å². The number of hydrogen-bond acceptors (Lipinski definition) is 3. The van der Waals surface area contributed by atoms with E-state index >= 15 is 0 Å². The molecule has 3 rings (SSSR count). The van der Waals surface area contributed by atoms with Crippen molar-refractivity contribution in [2.45, 2.75) is 70.6 Å². The highest BCUT2D eigenvalue weighted by molar-refractivity contribution is 5.68. The molecule has 1 fully saturated rings. The van der Waals surface area contributed by atoms with Gasteiger partial charge in [-0.3, -0.25) is 0 Å². The molecule has 0 spiro atoms. The van der Waals surface area contributed by atoms with Gasteiger partial charge < -0.3 is 15.0 Å². The van der Waals surface area contributed by atoms with Gasteiger partial charge in [-0.2, -0.15) is 0 Å². The number of benzene rings is 2. The van der Waals surface area contributed by atoms with Crippen LogP contribution in [0.5, 0.6) is 0 Å². The summed E-state index contributed by atoms with van der Waals surface area (Å²) >= 11 is 0. The topological polar surface area (TPSA) is 41.6 Å². The lowest BCUT2D eigenvalue weighted by Crippen LogP contribution is -2.48. The van der Waals surface area contributed by atoms with Crippen molar-refractivity contribution in [2.75, 3.05) is 13.1 Å². The summed E-state index contributed by atoms with van der Waals surface area (Å²) in [4.78, 5) is 14.6. The Labute approximate surface area is 181 Å². The van der Waals surface area contributed by atoms with Crippen LogP contribution in [0.2, 0.25) is 0 Å². The molecule has 0 saturated carbocycles. The lowest BCUT2D eigenvalue weighted by atomic mass is 9.85. The van der Waals surface area contributed by atoms with Crippen LogP contribution in [0.25, 0.3) is 0 Å². The smallest absolute Gasteiger partial charge is 0.407 e. The first kappa shape index (κ1) is 22.4. The molecule has 1 N–H and O–H groups in total.